The van der Waals surface area contributed by atoms with E-state index in [1.54, 1.807) is 54.7 Å². The Hall–Kier alpha value is -3.39. The van der Waals surface area contributed by atoms with Gasteiger partial charge < -0.3 is 14.8 Å². The summed E-state index contributed by atoms with van der Waals surface area (Å²) in [5.74, 6) is 0.477. The van der Waals surface area contributed by atoms with E-state index in [1.807, 2.05) is 0 Å². The Morgan fingerprint density at radius 1 is 1.00 bits per heavy atom. The van der Waals surface area contributed by atoms with Crippen LogP contribution in [0.25, 0.3) is 0 Å². The summed E-state index contributed by atoms with van der Waals surface area (Å²) in [7, 11) is -0.787. The van der Waals surface area contributed by atoms with Crippen molar-refractivity contribution >= 4 is 15.7 Å². The molecule has 0 aliphatic rings. The number of sulfone groups is 1. The van der Waals surface area contributed by atoms with Gasteiger partial charge in [-0.1, -0.05) is 24.3 Å². The van der Waals surface area contributed by atoms with E-state index in [0.717, 1.165) is 0 Å². The fourth-order valence-electron chi connectivity index (χ4n) is 2.97. The molecule has 1 heterocycles. The second kappa shape index (κ2) is 9.41. The van der Waals surface area contributed by atoms with Crippen LogP contribution in [0.3, 0.4) is 0 Å². The van der Waals surface area contributed by atoms with Crippen molar-refractivity contribution < 1.29 is 22.7 Å². The van der Waals surface area contributed by atoms with Crippen LogP contribution in [0, 0.1) is 0 Å². The second-order valence-corrected chi connectivity index (χ2v) is 8.57. The molecule has 0 aliphatic heterocycles. The fourth-order valence-corrected chi connectivity index (χ4v) is 4.64. The molecule has 1 amide bonds. The summed E-state index contributed by atoms with van der Waals surface area (Å²) in [4.78, 5) is 17.0. The molecular formula is C22H22N2O5S. The maximum atomic E-state index is 13.3. The number of rotatable bonds is 8. The predicted molar refractivity (Wildman–Crippen MR) is 112 cm³/mol. The summed E-state index contributed by atoms with van der Waals surface area (Å²) < 4.78 is 36.9. The summed E-state index contributed by atoms with van der Waals surface area (Å²) in [6.45, 7) is -0.124. The number of nitrogens with one attached hydrogen (secondary N) is 1. The number of ether oxygens (including phenoxy) is 2. The first kappa shape index (κ1) is 21.3. The third-order valence-corrected chi connectivity index (χ3v) is 6.68. The highest BCUT2D eigenvalue weighted by atomic mass is 32.2. The maximum absolute atomic E-state index is 13.3. The molecule has 1 atom stereocenters. The summed E-state index contributed by atoms with van der Waals surface area (Å²) in [6.07, 6.45) is 3.06. The highest BCUT2D eigenvalue weighted by molar-refractivity contribution is 7.91. The molecule has 0 bridgehead atoms. The Balaban J connectivity index is 1.89. The molecule has 0 saturated heterocycles. The van der Waals surface area contributed by atoms with Gasteiger partial charge in [0.1, 0.15) is 16.7 Å². The normalized spacial score (nSPS) is 12.1. The topological polar surface area (TPSA) is 94.6 Å². The van der Waals surface area contributed by atoms with Gasteiger partial charge in [0.15, 0.2) is 9.84 Å². The molecule has 0 spiro atoms. The van der Waals surface area contributed by atoms with Crippen molar-refractivity contribution in [2.24, 2.45) is 0 Å². The first-order chi connectivity index (χ1) is 14.5. The highest BCUT2D eigenvalue weighted by Gasteiger charge is 2.30. The van der Waals surface area contributed by atoms with Crippen LogP contribution in [-0.4, -0.2) is 40.1 Å². The minimum atomic E-state index is -3.76. The average molecular weight is 426 g/mol. The molecule has 1 aromatic heterocycles. The molecule has 7 nitrogen and oxygen atoms in total. The first-order valence-corrected chi connectivity index (χ1v) is 10.7. The molecular weight excluding hydrogens is 404 g/mol. The number of benzene rings is 2. The number of hydrogen-bond donors (Lipinski definition) is 1. The van der Waals surface area contributed by atoms with Gasteiger partial charge in [-0.3, -0.25) is 9.78 Å². The van der Waals surface area contributed by atoms with Crippen LogP contribution in [0.4, 0.5) is 0 Å². The molecule has 1 unspecified atom stereocenters. The van der Waals surface area contributed by atoms with Crippen molar-refractivity contribution in [3.8, 4) is 11.5 Å². The SMILES string of the molecule is COc1cc(OC)cc(C(=O)NCC(c2cccnc2)S(=O)(=O)c2ccccc2)c1. The Bertz CT molecular complexity index is 1080. The second-order valence-electron chi connectivity index (χ2n) is 6.44. The van der Waals surface area contributed by atoms with Gasteiger partial charge in [0.2, 0.25) is 0 Å². The van der Waals surface area contributed by atoms with E-state index >= 15 is 0 Å². The van der Waals surface area contributed by atoms with E-state index in [-0.39, 0.29) is 11.4 Å². The van der Waals surface area contributed by atoms with Crippen molar-refractivity contribution in [2.45, 2.75) is 10.1 Å². The van der Waals surface area contributed by atoms with Crippen molar-refractivity contribution in [2.75, 3.05) is 20.8 Å². The van der Waals surface area contributed by atoms with E-state index < -0.39 is 21.0 Å². The molecule has 156 valence electrons. The third kappa shape index (κ3) is 4.77. The summed E-state index contributed by atoms with van der Waals surface area (Å²) in [5.41, 5.74) is 0.790. The monoisotopic (exact) mass is 426 g/mol. The van der Waals surface area contributed by atoms with E-state index in [2.05, 4.69) is 10.3 Å². The van der Waals surface area contributed by atoms with Gasteiger partial charge in [0, 0.05) is 30.6 Å². The Morgan fingerprint density at radius 2 is 1.67 bits per heavy atom. The molecule has 3 aromatic rings. The van der Waals surface area contributed by atoms with E-state index in [0.29, 0.717) is 22.6 Å². The average Bonchev–Trinajstić information content (AvgIpc) is 2.79. The fraction of sp³-hybridized carbons (Fsp3) is 0.182. The molecule has 30 heavy (non-hydrogen) atoms. The molecule has 0 aliphatic carbocycles. The zero-order valence-electron chi connectivity index (χ0n) is 16.6. The van der Waals surface area contributed by atoms with Crippen LogP contribution in [0.1, 0.15) is 21.2 Å². The summed E-state index contributed by atoms with van der Waals surface area (Å²) >= 11 is 0. The smallest absolute Gasteiger partial charge is 0.251 e. The highest BCUT2D eigenvalue weighted by Crippen LogP contribution is 2.28. The minimum absolute atomic E-state index is 0.124. The molecule has 3 rings (SSSR count). The van der Waals surface area contributed by atoms with Crippen LogP contribution in [0.15, 0.2) is 78.0 Å². The largest absolute Gasteiger partial charge is 0.497 e. The van der Waals surface area contributed by atoms with Crippen LogP contribution < -0.4 is 14.8 Å². The van der Waals surface area contributed by atoms with Gasteiger partial charge in [0.05, 0.1) is 19.1 Å². The number of nitrogens with zero attached hydrogens (tertiary/aromatic N) is 1. The lowest BCUT2D eigenvalue weighted by Gasteiger charge is -2.19. The van der Waals surface area contributed by atoms with Crippen LogP contribution >= 0.6 is 0 Å². The number of amides is 1. The van der Waals surface area contributed by atoms with Crippen LogP contribution in [0.5, 0.6) is 11.5 Å². The van der Waals surface area contributed by atoms with E-state index in [1.165, 1.54) is 32.5 Å². The van der Waals surface area contributed by atoms with Crippen molar-refractivity contribution in [3.63, 3.8) is 0 Å². The van der Waals surface area contributed by atoms with Crippen molar-refractivity contribution in [1.29, 1.82) is 0 Å². The summed E-state index contributed by atoms with van der Waals surface area (Å²) in [6, 6.07) is 16.2. The van der Waals surface area contributed by atoms with Crippen molar-refractivity contribution in [1.82, 2.24) is 10.3 Å². The molecule has 8 heteroatoms. The Morgan fingerprint density at radius 3 is 2.23 bits per heavy atom. The number of hydrogen-bond acceptors (Lipinski definition) is 6. The number of methoxy groups -OCH3 is 2. The lowest BCUT2D eigenvalue weighted by Crippen LogP contribution is -2.32. The number of pyridine rings is 1. The summed E-state index contributed by atoms with van der Waals surface area (Å²) in [5, 5.41) is 1.72. The van der Waals surface area contributed by atoms with Crippen molar-refractivity contribution in [3.05, 3.63) is 84.2 Å². The zero-order chi connectivity index (χ0) is 21.6. The first-order valence-electron chi connectivity index (χ1n) is 9.16. The quantitative estimate of drug-likeness (QED) is 0.595. The van der Waals surface area contributed by atoms with E-state index in [9.17, 15) is 13.2 Å². The zero-order valence-corrected chi connectivity index (χ0v) is 17.4. The molecule has 0 fully saturated rings. The van der Waals surface area contributed by atoms with Gasteiger partial charge in [-0.15, -0.1) is 0 Å². The predicted octanol–water partition coefficient (Wildman–Crippen LogP) is 3.04. The molecule has 0 radical (unpaired) electrons. The minimum Gasteiger partial charge on any atom is -0.497 e. The number of aromatic nitrogens is 1. The molecule has 2 aromatic carbocycles. The van der Waals surface area contributed by atoms with Gasteiger partial charge in [-0.05, 0) is 35.9 Å². The number of carbonyl (C=O) groups is 1. The van der Waals surface area contributed by atoms with Gasteiger partial charge in [-0.2, -0.15) is 0 Å². The van der Waals surface area contributed by atoms with Gasteiger partial charge in [0.25, 0.3) is 5.91 Å². The maximum Gasteiger partial charge on any atom is 0.251 e. The third-order valence-electron chi connectivity index (χ3n) is 4.56. The lowest BCUT2D eigenvalue weighted by atomic mass is 10.1. The Kier molecular flexibility index (Phi) is 6.68. The van der Waals surface area contributed by atoms with Crippen LogP contribution in [0.2, 0.25) is 0 Å². The lowest BCUT2D eigenvalue weighted by molar-refractivity contribution is 0.0953. The Labute approximate surface area is 175 Å². The van der Waals surface area contributed by atoms with E-state index in [4.69, 9.17) is 9.47 Å². The van der Waals surface area contributed by atoms with Gasteiger partial charge >= 0.3 is 0 Å². The standard InChI is InChI=1S/C22H22N2O5S/c1-28-18-11-17(12-19(13-18)29-2)22(25)24-15-21(16-7-6-10-23-14-16)30(26,27)20-8-4-3-5-9-20/h3-14,21H,15H2,1-2H3,(H,24,25). The van der Waals surface area contributed by atoms with Crippen LogP contribution in [-0.2, 0) is 9.84 Å². The molecule has 0 saturated carbocycles. The number of carbonyl (C=O) groups excluding carboxylic acids is 1. The van der Waals surface area contributed by atoms with Gasteiger partial charge in [-0.25, -0.2) is 8.42 Å². The molecule has 1 N–H and O–H groups in total.